The third-order valence-corrected chi connectivity index (χ3v) is 1.39. The van der Waals surface area contributed by atoms with Crippen molar-refractivity contribution in [3.63, 3.8) is 0 Å². The molecule has 1 heteroatoms. The molecule has 1 aliphatic carbocycles. The SMILES string of the molecule is C=C(C#N)CC1CC1. The Morgan fingerprint density at radius 1 is 1.75 bits per heavy atom. The first kappa shape index (κ1) is 5.37. The lowest BCUT2D eigenvalue weighted by Crippen LogP contribution is -1.76. The van der Waals surface area contributed by atoms with Gasteiger partial charge in [-0.25, -0.2) is 0 Å². The molecule has 0 heterocycles. The van der Waals surface area contributed by atoms with Gasteiger partial charge in [0, 0.05) is 5.57 Å². The Kier molecular flexibility index (Phi) is 1.34. The highest BCUT2D eigenvalue weighted by molar-refractivity contribution is 5.17. The largest absolute Gasteiger partial charge is 0.193 e. The lowest BCUT2D eigenvalue weighted by Gasteiger charge is -1.87. The van der Waals surface area contributed by atoms with Crippen molar-refractivity contribution in [3.8, 4) is 6.07 Å². The van der Waals surface area contributed by atoms with Gasteiger partial charge in [-0.3, -0.25) is 0 Å². The second-order valence-corrected chi connectivity index (χ2v) is 2.36. The first-order valence-corrected chi connectivity index (χ1v) is 2.91. The van der Waals surface area contributed by atoms with Crippen molar-refractivity contribution in [2.45, 2.75) is 19.3 Å². The second kappa shape index (κ2) is 2.00. The second-order valence-electron chi connectivity index (χ2n) is 2.36. The Hall–Kier alpha value is -0.770. The summed E-state index contributed by atoms with van der Waals surface area (Å²) >= 11 is 0. The van der Waals surface area contributed by atoms with E-state index in [0.29, 0.717) is 0 Å². The van der Waals surface area contributed by atoms with Gasteiger partial charge in [0.25, 0.3) is 0 Å². The highest BCUT2D eigenvalue weighted by Gasteiger charge is 2.21. The molecule has 0 atom stereocenters. The van der Waals surface area contributed by atoms with Crippen molar-refractivity contribution >= 4 is 0 Å². The molecule has 0 aliphatic heterocycles. The average Bonchev–Trinajstić information content (AvgIpc) is 2.50. The third-order valence-electron chi connectivity index (χ3n) is 1.39. The normalized spacial score (nSPS) is 17.4. The molecular formula is C7H9N. The molecule has 1 rings (SSSR count). The summed E-state index contributed by atoms with van der Waals surface area (Å²) in [6.07, 6.45) is 3.55. The Morgan fingerprint density at radius 3 is 2.75 bits per heavy atom. The van der Waals surface area contributed by atoms with Crippen LogP contribution in [-0.4, -0.2) is 0 Å². The molecule has 0 bridgehead atoms. The fraction of sp³-hybridized carbons (Fsp3) is 0.571. The van der Waals surface area contributed by atoms with Crippen molar-refractivity contribution in [3.05, 3.63) is 12.2 Å². The molecule has 0 aromatic heterocycles. The maximum absolute atomic E-state index is 8.26. The molecule has 1 fully saturated rings. The molecule has 0 spiro atoms. The minimum Gasteiger partial charge on any atom is -0.193 e. The zero-order valence-electron chi connectivity index (χ0n) is 4.85. The molecule has 0 N–H and O–H groups in total. The fourth-order valence-electron chi connectivity index (χ4n) is 0.716. The summed E-state index contributed by atoms with van der Waals surface area (Å²) in [5.41, 5.74) is 0.743. The first-order valence-electron chi connectivity index (χ1n) is 2.91. The summed E-state index contributed by atoms with van der Waals surface area (Å²) in [6.45, 7) is 3.59. The minimum absolute atomic E-state index is 0.743. The number of rotatable bonds is 2. The van der Waals surface area contributed by atoms with Crippen LogP contribution >= 0.6 is 0 Å². The molecule has 0 amide bonds. The smallest absolute Gasteiger partial charge is 0.0940 e. The van der Waals surface area contributed by atoms with E-state index in [1.807, 2.05) is 6.07 Å². The van der Waals surface area contributed by atoms with Gasteiger partial charge in [-0.05, 0) is 25.2 Å². The molecule has 0 aromatic rings. The number of hydrogen-bond donors (Lipinski definition) is 0. The third kappa shape index (κ3) is 1.38. The van der Waals surface area contributed by atoms with Gasteiger partial charge in [0.2, 0.25) is 0 Å². The van der Waals surface area contributed by atoms with Gasteiger partial charge in [-0.15, -0.1) is 0 Å². The van der Waals surface area contributed by atoms with E-state index >= 15 is 0 Å². The van der Waals surface area contributed by atoms with Gasteiger partial charge in [-0.2, -0.15) is 5.26 Å². The predicted molar refractivity (Wildman–Crippen MR) is 32.1 cm³/mol. The van der Waals surface area contributed by atoms with Crippen molar-refractivity contribution < 1.29 is 0 Å². The summed E-state index contributed by atoms with van der Waals surface area (Å²) in [7, 11) is 0. The topological polar surface area (TPSA) is 23.8 Å². The molecule has 0 radical (unpaired) electrons. The lowest BCUT2D eigenvalue weighted by atomic mass is 10.2. The average molecular weight is 107 g/mol. The van der Waals surface area contributed by atoms with Crippen molar-refractivity contribution in [2.24, 2.45) is 5.92 Å². The maximum Gasteiger partial charge on any atom is 0.0940 e. The number of nitriles is 1. The van der Waals surface area contributed by atoms with E-state index in [2.05, 4.69) is 6.58 Å². The van der Waals surface area contributed by atoms with Crippen LogP contribution < -0.4 is 0 Å². The van der Waals surface area contributed by atoms with Crippen LogP contribution in [0.2, 0.25) is 0 Å². The van der Waals surface area contributed by atoms with E-state index in [0.717, 1.165) is 17.9 Å². The van der Waals surface area contributed by atoms with Crippen LogP contribution in [0.4, 0.5) is 0 Å². The zero-order chi connectivity index (χ0) is 5.98. The monoisotopic (exact) mass is 107 g/mol. The number of hydrogen-bond acceptors (Lipinski definition) is 1. The lowest BCUT2D eigenvalue weighted by molar-refractivity contribution is 0.841. The van der Waals surface area contributed by atoms with E-state index in [4.69, 9.17) is 5.26 Å². The molecule has 0 saturated heterocycles. The van der Waals surface area contributed by atoms with Gasteiger partial charge >= 0.3 is 0 Å². The van der Waals surface area contributed by atoms with Crippen LogP contribution in [0, 0.1) is 17.2 Å². The Morgan fingerprint density at radius 2 is 2.38 bits per heavy atom. The maximum atomic E-state index is 8.26. The van der Waals surface area contributed by atoms with Crippen LogP contribution in [0.3, 0.4) is 0 Å². The minimum atomic E-state index is 0.743. The highest BCUT2D eigenvalue weighted by atomic mass is 14.3. The van der Waals surface area contributed by atoms with Gasteiger partial charge in [-0.1, -0.05) is 6.58 Å². The van der Waals surface area contributed by atoms with Crippen LogP contribution in [0.1, 0.15) is 19.3 Å². The summed E-state index contributed by atoms with van der Waals surface area (Å²) in [5, 5.41) is 8.26. The molecule has 0 unspecified atom stereocenters. The van der Waals surface area contributed by atoms with Gasteiger partial charge in [0.05, 0.1) is 6.07 Å². The summed E-state index contributed by atoms with van der Waals surface area (Å²) in [4.78, 5) is 0. The standard InChI is InChI=1S/C7H9N/c1-6(5-8)4-7-2-3-7/h7H,1-4H2. The van der Waals surface area contributed by atoms with E-state index < -0.39 is 0 Å². The molecule has 1 saturated carbocycles. The van der Waals surface area contributed by atoms with Gasteiger partial charge in [0.15, 0.2) is 0 Å². The Bertz CT molecular complexity index is 137. The highest BCUT2D eigenvalue weighted by Crippen LogP contribution is 2.34. The van der Waals surface area contributed by atoms with E-state index in [-0.39, 0.29) is 0 Å². The molecule has 8 heavy (non-hydrogen) atoms. The van der Waals surface area contributed by atoms with Crippen molar-refractivity contribution in [1.82, 2.24) is 0 Å². The van der Waals surface area contributed by atoms with E-state index in [1.54, 1.807) is 0 Å². The zero-order valence-corrected chi connectivity index (χ0v) is 4.85. The van der Waals surface area contributed by atoms with Crippen LogP contribution in [0.15, 0.2) is 12.2 Å². The number of allylic oxidation sites excluding steroid dienone is 1. The van der Waals surface area contributed by atoms with E-state index in [1.165, 1.54) is 12.8 Å². The van der Waals surface area contributed by atoms with Gasteiger partial charge < -0.3 is 0 Å². The summed E-state index contributed by atoms with van der Waals surface area (Å²) in [6, 6.07) is 2.04. The number of nitrogens with zero attached hydrogens (tertiary/aromatic N) is 1. The van der Waals surface area contributed by atoms with Crippen molar-refractivity contribution in [1.29, 1.82) is 5.26 Å². The summed E-state index contributed by atoms with van der Waals surface area (Å²) < 4.78 is 0. The quantitative estimate of drug-likeness (QED) is 0.494. The Labute approximate surface area is 49.6 Å². The molecule has 42 valence electrons. The molecular weight excluding hydrogens is 98.1 g/mol. The van der Waals surface area contributed by atoms with Crippen LogP contribution in [0.25, 0.3) is 0 Å². The Balaban J connectivity index is 2.19. The molecule has 1 aliphatic rings. The fourth-order valence-corrected chi connectivity index (χ4v) is 0.716. The van der Waals surface area contributed by atoms with Crippen LogP contribution in [-0.2, 0) is 0 Å². The summed E-state index contributed by atoms with van der Waals surface area (Å²) in [5.74, 6) is 0.808. The first-order chi connectivity index (χ1) is 3.83. The molecule has 1 nitrogen and oxygen atoms in total. The predicted octanol–water partition coefficient (Wildman–Crippen LogP) is 1.87. The van der Waals surface area contributed by atoms with Crippen LogP contribution in [0.5, 0.6) is 0 Å². The van der Waals surface area contributed by atoms with Crippen molar-refractivity contribution in [2.75, 3.05) is 0 Å². The van der Waals surface area contributed by atoms with E-state index in [9.17, 15) is 0 Å². The molecule has 0 aromatic carbocycles. The van der Waals surface area contributed by atoms with Gasteiger partial charge in [0.1, 0.15) is 0 Å².